The molecule has 110 valence electrons. The molecular weight excluding hydrogens is 278 g/mol. The van der Waals surface area contributed by atoms with E-state index in [-0.39, 0.29) is 12.5 Å². The number of pyridine rings is 1. The van der Waals surface area contributed by atoms with Gasteiger partial charge in [-0.25, -0.2) is 9.78 Å². The molecule has 0 saturated carbocycles. The Morgan fingerprint density at radius 2 is 2.10 bits per heavy atom. The van der Waals surface area contributed by atoms with Gasteiger partial charge in [0.2, 0.25) is 0 Å². The highest BCUT2D eigenvalue weighted by Gasteiger charge is 2.29. The number of methoxy groups -OCH3 is 1. The van der Waals surface area contributed by atoms with Crippen LogP contribution in [0.4, 0.5) is 10.6 Å². The van der Waals surface area contributed by atoms with Crippen molar-refractivity contribution in [2.75, 3.05) is 25.2 Å². The van der Waals surface area contributed by atoms with Gasteiger partial charge in [-0.2, -0.15) is 0 Å². The summed E-state index contributed by atoms with van der Waals surface area (Å²) in [7, 11) is 1.32. The number of urea groups is 1. The van der Waals surface area contributed by atoms with E-state index in [4.69, 9.17) is 0 Å². The maximum atomic E-state index is 11.7. The van der Waals surface area contributed by atoms with Crippen LogP contribution in [0.1, 0.15) is 13.8 Å². The molecule has 0 saturated heterocycles. The smallest absolute Gasteiger partial charge is 0.320 e. The number of nitrogens with one attached hydrogen (secondary N) is 2. The number of carbonyl (C=O) groups excluding carboxylic acids is 2. The van der Waals surface area contributed by atoms with Crippen molar-refractivity contribution in [3.8, 4) is 0 Å². The molecule has 0 fully saturated rings. The topological polar surface area (TPSA) is 80.3 Å². The third kappa shape index (κ3) is 4.73. The number of anilines is 1. The fraction of sp³-hybridized carbons (Fsp3) is 0.462. The Hall–Kier alpha value is -1.76. The van der Waals surface area contributed by atoms with Crippen molar-refractivity contribution in [3.05, 3.63) is 18.3 Å². The average Bonchev–Trinajstić information content (AvgIpc) is 2.45. The highest BCUT2D eigenvalue weighted by atomic mass is 32.2. The third-order valence-corrected chi connectivity index (χ3v) is 3.36. The van der Waals surface area contributed by atoms with E-state index in [2.05, 4.69) is 20.4 Å². The maximum absolute atomic E-state index is 11.7. The van der Waals surface area contributed by atoms with Crippen LogP contribution in [0.3, 0.4) is 0 Å². The Labute approximate surface area is 122 Å². The van der Waals surface area contributed by atoms with Gasteiger partial charge >= 0.3 is 12.0 Å². The van der Waals surface area contributed by atoms with Crippen molar-refractivity contribution < 1.29 is 14.3 Å². The number of amides is 2. The highest BCUT2D eigenvalue weighted by molar-refractivity contribution is 7.98. The minimum absolute atomic E-state index is 0.175. The van der Waals surface area contributed by atoms with E-state index in [1.165, 1.54) is 7.11 Å². The number of hydrogen-bond donors (Lipinski definition) is 2. The summed E-state index contributed by atoms with van der Waals surface area (Å²) in [5.41, 5.74) is -0.776. The monoisotopic (exact) mass is 297 g/mol. The van der Waals surface area contributed by atoms with E-state index in [9.17, 15) is 9.59 Å². The molecule has 0 unspecified atom stereocenters. The van der Waals surface area contributed by atoms with Crippen LogP contribution in [0.25, 0.3) is 0 Å². The molecule has 0 aliphatic carbocycles. The molecule has 7 heteroatoms. The van der Waals surface area contributed by atoms with Crippen LogP contribution in [0.15, 0.2) is 23.2 Å². The normalized spacial score (nSPS) is 10.8. The number of hydrogen-bond acceptors (Lipinski definition) is 5. The summed E-state index contributed by atoms with van der Waals surface area (Å²) >= 11 is 1.57. The van der Waals surface area contributed by atoms with Crippen LogP contribution in [0, 0.1) is 5.41 Å². The molecule has 6 nitrogen and oxygen atoms in total. The standard InChI is InChI=1S/C13H19N3O3S/c1-13(2,11(17)19-3)8-15-12(18)16-10-6-5-9(20-4)7-14-10/h5-7H,8H2,1-4H3,(H2,14,15,16,18). The van der Waals surface area contributed by atoms with Gasteiger partial charge in [0.15, 0.2) is 0 Å². The van der Waals surface area contributed by atoms with Crippen molar-refractivity contribution >= 4 is 29.6 Å². The lowest BCUT2D eigenvalue weighted by atomic mass is 9.94. The lowest BCUT2D eigenvalue weighted by Gasteiger charge is -2.21. The Morgan fingerprint density at radius 3 is 2.60 bits per heavy atom. The largest absolute Gasteiger partial charge is 0.469 e. The van der Waals surface area contributed by atoms with Crippen molar-refractivity contribution in [2.24, 2.45) is 5.41 Å². The predicted molar refractivity (Wildman–Crippen MR) is 78.8 cm³/mol. The summed E-state index contributed by atoms with van der Waals surface area (Å²) < 4.78 is 4.67. The molecule has 0 aliphatic rings. The molecule has 1 aromatic rings. The molecule has 2 N–H and O–H groups in total. The lowest BCUT2D eigenvalue weighted by Crippen LogP contribution is -2.41. The molecule has 0 aliphatic heterocycles. The first-order valence-electron chi connectivity index (χ1n) is 6.02. The van der Waals surface area contributed by atoms with Crippen molar-refractivity contribution in [1.82, 2.24) is 10.3 Å². The van der Waals surface area contributed by atoms with Gasteiger partial charge in [-0.1, -0.05) is 0 Å². The van der Waals surface area contributed by atoms with Crippen molar-refractivity contribution in [1.29, 1.82) is 0 Å². The van der Waals surface area contributed by atoms with Crippen molar-refractivity contribution in [2.45, 2.75) is 18.7 Å². The van der Waals surface area contributed by atoms with E-state index >= 15 is 0 Å². The number of aromatic nitrogens is 1. The zero-order valence-electron chi connectivity index (χ0n) is 12.0. The van der Waals surface area contributed by atoms with Gasteiger partial charge in [-0.15, -0.1) is 11.8 Å². The van der Waals surface area contributed by atoms with Crippen molar-refractivity contribution in [3.63, 3.8) is 0 Å². The zero-order valence-corrected chi connectivity index (χ0v) is 12.8. The van der Waals surface area contributed by atoms with Gasteiger partial charge < -0.3 is 10.1 Å². The number of thioether (sulfide) groups is 1. The fourth-order valence-electron chi connectivity index (χ4n) is 1.39. The minimum atomic E-state index is -0.776. The summed E-state index contributed by atoms with van der Waals surface area (Å²) in [6.45, 7) is 3.57. The number of esters is 1. The number of nitrogens with zero attached hydrogens (tertiary/aromatic N) is 1. The summed E-state index contributed by atoms with van der Waals surface area (Å²) in [5.74, 6) is 0.0800. The van der Waals surface area contributed by atoms with Gasteiger partial charge in [0, 0.05) is 17.6 Å². The molecule has 1 aromatic heterocycles. The van der Waals surface area contributed by atoms with E-state index < -0.39 is 11.4 Å². The van der Waals surface area contributed by atoms with E-state index in [1.807, 2.05) is 12.3 Å². The lowest BCUT2D eigenvalue weighted by molar-refractivity contribution is -0.150. The molecule has 0 spiro atoms. The summed E-state index contributed by atoms with van der Waals surface area (Å²) in [5, 5.41) is 5.22. The minimum Gasteiger partial charge on any atom is -0.469 e. The molecule has 0 aromatic carbocycles. The van der Waals surface area contributed by atoms with Crippen LogP contribution < -0.4 is 10.6 Å². The number of ether oxygens (including phenoxy) is 1. The molecule has 1 heterocycles. The maximum Gasteiger partial charge on any atom is 0.320 e. The molecular formula is C13H19N3O3S. The molecule has 2 amide bonds. The summed E-state index contributed by atoms with van der Waals surface area (Å²) in [4.78, 5) is 28.3. The van der Waals surface area contributed by atoms with E-state index in [0.717, 1.165) is 4.90 Å². The predicted octanol–water partition coefficient (Wildman–Crippen LogP) is 2.12. The van der Waals surface area contributed by atoms with Gasteiger partial charge in [0.05, 0.1) is 12.5 Å². The second-order valence-corrected chi connectivity index (χ2v) is 5.65. The second kappa shape index (κ2) is 7.14. The molecule has 1 rings (SSSR count). The van der Waals surface area contributed by atoms with Crippen LogP contribution in [-0.2, 0) is 9.53 Å². The zero-order chi connectivity index (χ0) is 15.2. The molecule has 0 bridgehead atoms. The Balaban J connectivity index is 2.49. The number of carbonyl (C=O) groups is 2. The van der Waals surface area contributed by atoms with E-state index in [0.29, 0.717) is 5.82 Å². The summed E-state index contributed by atoms with van der Waals surface area (Å²) in [6.07, 6.45) is 3.63. The quantitative estimate of drug-likeness (QED) is 0.643. The van der Waals surface area contributed by atoms with Gasteiger partial charge in [-0.05, 0) is 32.2 Å². The molecule has 0 atom stereocenters. The first-order chi connectivity index (χ1) is 9.39. The molecule has 20 heavy (non-hydrogen) atoms. The third-order valence-electron chi connectivity index (χ3n) is 2.64. The van der Waals surface area contributed by atoms with E-state index in [1.54, 1.807) is 37.9 Å². The Morgan fingerprint density at radius 1 is 1.40 bits per heavy atom. The first-order valence-corrected chi connectivity index (χ1v) is 7.25. The fourth-order valence-corrected chi connectivity index (χ4v) is 1.75. The Kier molecular flexibility index (Phi) is 5.82. The first kappa shape index (κ1) is 16.3. The summed E-state index contributed by atoms with van der Waals surface area (Å²) in [6, 6.07) is 3.18. The number of rotatable bonds is 5. The SMILES string of the molecule is COC(=O)C(C)(C)CNC(=O)Nc1ccc(SC)cn1. The molecule has 0 radical (unpaired) electrons. The van der Waals surface area contributed by atoms with Gasteiger partial charge in [-0.3, -0.25) is 10.1 Å². The van der Waals surface area contributed by atoms with Gasteiger partial charge in [0.25, 0.3) is 0 Å². The van der Waals surface area contributed by atoms with Gasteiger partial charge in [0.1, 0.15) is 5.82 Å². The van der Waals surface area contributed by atoms with Crippen LogP contribution >= 0.6 is 11.8 Å². The Bertz CT molecular complexity index is 474. The highest BCUT2D eigenvalue weighted by Crippen LogP contribution is 2.16. The van der Waals surface area contributed by atoms with Crippen LogP contribution in [0.5, 0.6) is 0 Å². The average molecular weight is 297 g/mol. The van der Waals surface area contributed by atoms with Crippen LogP contribution in [0.2, 0.25) is 0 Å². The van der Waals surface area contributed by atoms with Crippen LogP contribution in [-0.4, -0.2) is 36.9 Å². The second-order valence-electron chi connectivity index (χ2n) is 4.77.